The Kier molecular flexibility index (Phi) is 6.81. The second-order valence-electron chi connectivity index (χ2n) is 6.69. The van der Waals surface area contributed by atoms with E-state index in [0.717, 1.165) is 25.2 Å². The first kappa shape index (κ1) is 17.6. The SMILES string of the molecule is CC(C)Cc1noc(CNCCC(C)(C)CCC(=O)O)n1. The number of aromatic nitrogens is 2. The van der Waals surface area contributed by atoms with E-state index in [0.29, 0.717) is 24.8 Å². The van der Waals surface area contributed by atoms with Crippen molar-refractivity contribution >= 4 is 5.97 Å². The molecule has 1 heterocycles. The summed E-state index contributed by atoms with van der Waals surface area (Å²) in [5.74, 6) is 1.13. The average Bonchev–Trinajstić information content (AvgIpc) is 2.79. The predicted octanol–water partition coefficient (Wildman–Crippen LogP) is 2.64. The van der Waals surface area contributed by atoms with Gasteiger partial charge in [-0.2, -0.15) is 4.98 Å². The van der Waals surface area contributed by atoms with E-state index < -0.39 is 5.97 Å². The van der Waals surface area contributed by atoms with Crippen molar-refractivity contribution in [3.8, 4) is 0 Å². The third-order valence-electron chi connectivity index (χ3n) is 3.37. The quantitative estimate of drug-likeness (QED) is 0.645. The molecule has 0 aromatic carbocycles. The van der Waals surface area contributed by atoms with Gasteiger partial charge in [0, 0.05) is 12.8 Å². The van der Waals surface area contributed by atoms with Crippen LogP contribution in [0.1, 0.15) is 58.7 Å². The standard InChI is InChI=1S/C15H27N3O3/c1-11(2)9-12-17-13(21-18-12)10-16-8-7-15(3,4)6-5-14(19)20/h11,16H,5-10H2,1-4H3,(H,19,20). The summed E-state index contributed by atoms with van der Waals surface area (Å²) in [6.07, 6.45) is 2.64. The third kappa shape index (κ3) is 7.80. The molecule has 0 atom stereocenters. The molecule has 1 aromatic rings. The molecule has 0 amide bonds. The summed E-state index contributed by atoms with van der Waals surface area (Å²) < 4.78 is 5.18. The minimum atomic E-state index is -0.737. The van der Waals surface area contributed by atoms with E-state index in [4.69, 9.17) is 9.63 Å². The van der Waals surface area contributed by atoms with Gasteiger partial charge in [0.05, 0.1) is 6.54 Å². The molecule has 0 aliphatic rings. The van der Waals surface area contributed by atoms with Gasteiger partial charge in [0.1, 0.15) is 0 Å². The van der Waals surface area contributed by atoms with Crippen LogP contribution in [0.4, 0.5) is 0 Å². The fourth-order valence-electron chi connectivity index (χ4n) is 2.00. The normalized spacial score (nSPS) is 12.0. The molecule has 0 aliphatic carbocycles. The van der Waals surface area contributed by atoms with Crippen LogP contribution in [0.15, 0.2) is 4.52 Å². The van der Waals surface area contributed by atoms with Gasteiger partial charge in [-0.15, -0.1) is 0 Å². The molecule has 2 N–H and O–H groups in total. The maximum atomic E-state index is 10.6. The zero-order valence-electron chi connectivity index (χ0n) is 13.5. The van der Waals surface area contributed by atoms with Gasteiger partial charge in [0.2, 0.25) is 5.89 Å². The first-order valence-electron chi connectivity index (χ1n) is 7.52. The van der Waals surface area contributed by atoms with Crippen molar-refractivity contribution in [2.75, 3.05) is 6.54 Å². The highest BCUT2D eigenvalue weighted by molar-refractivity contribution is 5.66. The van der Waals surface area contributed by atoms with Gasteiger partial charge in [-0.05, 0) is 30.7 Å². The molecular formula is C15H27N3O3. The van der Waals surface area contributed by atoms with Crippen LogP contribution in [0, 0.1) is 11.3 Å². The molecule has 0 spiro atoms. The van der Waals surface area contributed by atoms with Crippen LogP contribution in [0.25, 0.3) is 0 Å². The van der Waals surface area contributed by atoms with Crippen LogP contribution >= 0.6 is 0 Å². The lowest BCUT2D eigenvalue weighted by Gasteiger charge is -2.23. The smallest absolute Gasteiger partial charge is 0.303 e. The van der Waals surface area contributed by atoms with E-state index in [-0.39, 0.29) is 11.8 Å². The van der Waals surface area contributed by atoms with Crippen LogP contribution in [0.5, 0.6) is 0 Å². The molecule has 0 unspecified atom stereocenters. The summed E-state index contributed by atoms with van der Waals surface area (Å²) in [6.45, 7) is 9.77. The summed E-state index contributed by atoms with van der Waals surface area (Å²) >= 11 is 0. The number of nitrogens with zero attached hydrogens (tertiary/aromatic N) is 2. The minimum absolute atomic E-state index is 0.0169. The van der Waals surface area contributed by atoms with Crippen molar-refractivity contribution in [1.29, 1.82) is 0 Å². The number of carbonyl (C=O) groups is 1. The average molecular weight is 297 g/mol. The highest BCUT2D eigenvalue weighted by Gasteiger charge is 2.18. The number of hydrogen-bond acceptors (Lipinski definition) is 5. The molecule has 120 valence electrons. The van der Waals surface area contributed by atoms with E-state index in [2.05, 4.69) is 43.2 Å². The van der Waals surface area contributed by atoms with E-state index in [9.17, 15) is 4.79 Å². The molecule has 0 bridgehead atoms. The molecular weight excluding hydrogens is 270 g/mol. The molecule has 1 rings (SSSR count). The Hall–Kier alpha value is -1.43. The monoisotopic (exact) mass is 297 g/mol. The molecule has 0 saturated carbocycles. The minimum Gasteiger partial charge on any atom is -0.481 e. The van der Waals surface area contributed by atoms with Crippen LogP contribution in [0.2, 0.25) is 0 Å². The Balaban J connectivity index is 2.24. The number of carboxylic acids is 1. The molecule has 0 aliphatic heterocycles. The summed E-state index contributed by atoms with van der Waals surface area (Å²) in [7, 11) is 0. The van der Waals surface area contributed by atoms with E-state index in [1.54, 1.807) is 0 Å². The molecule has 21 heavy (non-hydrogen) atoms. The van der Waals surface area contributed by atoms with Crippen molar-refractivity contribution in [1.82, 2.24) is 15.5 Å². The van der Waals surface area contributed by atoms with Gasteiger partial charge < -0.3 is 14.9 Å². The van der Waals surface area contributed by atoms with Gasteiger partial charge in [0.25, 0.3) is 0 Å². The number of carboxylic acid groups (broad SMARTS) is 1. The van der Waals surface area contributed by atoms with Crippen LogP contribution in [-0.4, -0.2) is 27.8 Å². The van der Waals surface area contributed by atoms with Gasteiger partial charge in [0.15, 0.2) is 5.82 Å². The van der Waals surface area contributed by atoms with Crippen molar-refractivity contribution in [2.24, 2.45) is 11.3 Å². The van der Waals surface area contributed by atoms with Gasteiger partial charge in [-0.3, -0.25) is 4.79 Å². The lowest BCUT2D eigenvalue weighted by Crippen LogP contribution is -2.23. The third-order valence-corrected chi connectivity index (χ3v) is 3.37. The maximum absolute atomic E-state index is 10.6. The van der Waals surface area contributed by atoms with Gasteiger partial charge >= 0.3 is 5.97 Å². The molecule has 0 radical (unpaired) electrons. The molecule has 0 fully saturated rings. The Morgan fingerprint density at radius 1 is 1.38 bits per heavy atom. The highest BCUT2D eigenvalue weighted by atomic mass is 16.5. The molecule has 6 heteroatoms. The Morgan fingerprint density at radius 2 is 2.10 bits per heavy atom. The lowest BCUT2D eigenvalue weighted by atomic mass is 9.84. The number of hydrogen-bond donors (Lipinski definition) is 2. The number of rotatable bonds is 10. The van der Waals surface area contributed by atoms with Crippen LogP contribution < -0.4 is 5.32 Å². The second kappa shape index (κ2) is 8.12. The summed E-state index contributed by atoms with van der Waals surface area (Å²) in [6, 6.07) is 0. The molecule has 0 saturated heterocycles. The summed E-state index contributed by atoms with van der Waals surface area (Å²) in [5, 5.41) is 15.9. The zero-order chi connectivity index (χ0) is 15.9. The first-order chi connectivity index (χ1) is 9.78. The van der Waals surface area contributed by atoms with Crippen molar-refractivity contribution in [3.05, 3.63) is 11.7 Å². The lowest BCUT2D eigenvalue weighted by molar-refractivity contribution is -0.137. The fourth-order valence-corrected chi connectivity index (χ4v) is 2.00. The van der Waals surface area contributed by atoms with Crippen LogP contribution in [0.3, 0.4) is 0 Å². The Labute approximate surface area is 126 Å². The predicted molar refractivity (Wildman–Crippen MR) is 79.8 cm³/mol. The van der Waals surface area contributed by atoms with Crippen molar-refractivity contribution in [3.63, 3.8) is 0 Å². The molecule has 6 nitrogen and oxygen atoms in total. The topological polar surface area (TPSA) is 88.2 Å². The summed E-state index contributed by atoms with van der Waals surface area (Å²) in [4.78, 5) is 14.9. The zero-order valence-corrected chi connectivity index (χ0v) is 13.5. The van der Waals surface area contributed by atoms with E-state index in [1.165, 1.54) is 0 Å². The van der Waals surface area contributed by atoms with E-state index in [1.807, 2.05) is 0 Å². The van der Waals surface area contributed by atoms with Crippen molar-refractivity contribution in [2.45, 2.75) is 59.9 Å². The highest BCUT2D eigenvalue weighted by Crippen LogP contribution is 2.26. The van der Waals surface area contributed by atoms with Gasteiger partial charge in [-0.1, -0.05) is 32.9 Å². The first-order valence-corrected chi connectivity index (χ1v) is 7.52. The van der Waals surface area contributed by atoms with Gasteiger partial charge in [-0.25, -0.2) is 0 Å². The number of nitrogens with one attached hydrogen (secondary N) is 1. The Bertz CT molecular complexity index is 441. The number of aliphatic carboxylic acids is 1. The molecule has 1 aromatic heterocycles. The second-order valence-corrected chi connectivity index (χ2v) is 6.69. The van der Waals surface area contributed by atoms with Crippen molar-refractivity contribution < 1.29 is 14.4 Å². The Morgan fingerprint density at radius 3 is 2.71 bits per heavy atom. The largest absolute Gasteiger partial charge is 0.481 e. The summed E-state index contributed by atoms with van der Waals surface area (Å²) in [5.41, 5.74) is 0.0169. The maximum Gasteiger partial charge on any atom is 0.303 e. The van der Waals surface area contributed by atoms with Crippen LogP contribution in [-0.2, 0) is 17.8 Å². The van der Waals surface area contributed by atoms with E-state index >= 15 is 0 Å². The fraction of sp³-hybridized carbons (Fsp3) is 0.800.